The van der Waals surface area contributed by atoms with Crippen molar-refractivity contribution in [3.63, 3.8) is 0 Å². The molecule has 1 heterocycles. The summed E-state index contributed by atoms with van der Waals surface area (Å²) in [5.41, 5.74) is 6.89. The van der Waals surface area contributed by atoms with Gasteiger partial charge in [-0.3, -0.25) is 9.48 Å². The van der Waals surface area contributed by atoms with Gasteiger partial charge in [-0.1, -0.05) is 19.1 Å². The minimum absolute atomic E-state index is 0.0599. The van der Waals surface area contributed by atoms with E-state index in [0.29, 0.717) is 17.1 Å². The third-order valence-electron chi connectivity index (χ3n) is 2.62. The quantitative estimate of drug-likeness (QED) is 0.575. The Morgan fingerprint density at radius 3 is 2.89 bits per heavy atom. The van der Waals surface area contributed by atoms with Crippen LogP contribution in [0.25, 0.3) is 0 Å². The van der Waals surface area contributed by atoms with Crippen LogP contribution in [0.1, 0.15) is 42.2 Å². The van der Waals surface area contributed by atoms with Gasteiger partial charge in [0.05, 0.1) is 16.2 Å². The standard InChI is InChI=1S/C12H20N4OS/c1-3-10-9(8-16(2)15-10)12(17)14-7-5-4-6-11(13)18/h8H,3-7H2,1-2H3,(H2,13,18)(H,14,17). The molecule has 18 heavy (non-hydrogen) atoms. The molecule has 0 radical (unpaired) electrons. The summed E-state index contributed by atoms with van der Waals surface area (Å²) in [4.78, 5) is 12.4. The maximum Gasteiger partial charge on any atom is 0.254 e. The number of carbonyl (C=O) groups is 1. The fourth-order valence-electron chi connectivity index (χ4n) is 1.71. The molecule has 0 unspecified atom stereocenters. The smallest absolute Gasteiger partial charge is 0.254 e. The Balaban J connectivity index is 2.38. The number of unbranched alkanes of at least 4 members (excludes halogenated alkanes) is 1. The summed E-state index contributed by atoms with van der Waals surface area (Å²) in [5.74, 6) is -0.0599. The van der Waals surface area contributed by atoms with E-state index in [-0.39, 0.29) is 5.91 Å². The third-order valence-corrected chi connectivity index (χ3v) is 2.82. The minimum atomic E-state index is -0.0599. The lowest BCUT2D eigenvalue weighted by atomic mass is 10.2. The van der Waals surface area contributed by atoms with Gasteiger partial charge in [0.2, 0.25) is 0 Å². The van der Waals surface area contributed by atoms with E-state index >= 15 is 0 Å². The van der Waals surface area contributed by atoms with Gasteiger partial charge in [-0.05, 0) is 25.7 Å². The molecule has 1 aromatic heterocycles. The Bertz CT molecular complexity index is 428. The second-order valence-electron chi connectivity index (χ2n) is 4.20. The normalized spacial score (nSPS) is 10.3. The van der Waals surface area contributed by atoms with Gasteiger partial charge in [-0.2, -0.15) is 5.10 Å². The summed E-state index contributed by atoms with van der Waals surface area (Å²) in [6.45, 7) is 2.63. The lowest BCUT2D eigenvalue weighted by Gasteiger charge is -2.04. The van der Waals surface area contributed by atoms with E-state index in [9.17, 15) is 4.79 Å². The van der Waals surface area contributed by atoms with Crippen LogP contribution in [0.15, 0.2) is 6.20 Å². The molecule has 0 atom stereocenters. The summed E-state index contributed by atoms with van der Waals surface area (Å²) in [7, 11) is 1.82. The number of aromatic nitrogens is 2. The van der Waals surface area contributed by atoms with E-state index in [0.717, 1.165) is 31.4 Å². The zero-order valence-corrected chi connectivity index (χ0v) is 11.7. The molecule has 1 rings (SSSR count). The summed E-state index contributed by atoms with van der Waals surface area (Å²) in [6, 6.07) is 0. The van der Waals surface area contributed by atoms with Gasteiger partial charge >= 0.3 is 0 Å². The van der Waals surface area contributed by atoms with Gasteiger partial charge in [-0.25, -0.2) is 0 Å². The second-order valence-corrected chi connectivity index (χ2v) is 4.72. The fourth-order valence-corrected chi connectivity index (χ4v) is 1.85. The van der Waals surface area contributed by atoms with Gasteiger partial charge in [0, 0.05) is 19.8 Å². The van der Waals surface area contributed by atoms with Gasteiger partial charge < -0.3 is 11.1 Å². The Morgan fingerprint density at radius 2 is 2.28 bits per heavy atom. The third kappa shape index (κ3) is 4.44. The molecule has 0 fully saturated rings. The molecule has 0 aliphatic rings. The number of nitrogens with zero attached hydrogens (tertiary/aromatic N) is 2. The predicted octanol–water partition coefficient (Wildman–Crippen LogP) is 1.17. The average molecular weight is 268 g/mol. The molecule has 0 spiro atoms. The van der Waals surface area contributed by atoms with Crippen molar-refractivity contribution >= 4 is 23.1 Å². The number of aryl methyl sites for hydroxylation is 2. The van der Waals surface area contributed by atoms with E-state index in [1.807, 2.05) is 14.0 Å². The van der Waals surface area contributed by atoms with E-state index in [2.05, 4.69) is 10.4 Å². The van der Waals surface area contributed by atoms with Crippen molar-refractivity contribution in [3.05, 3.63) is 17.5 Å². The van der Waals surface area contributed by atoms with E-state index in [1.165, 1.54) is 0 Å². The van der Waals surface area contributed by atoms with Crippen molar-refractivity contribution in [1.82, 2.24) is 15.1 Å². The Labute approximate surface area is 113 Å². The Kier molecular flexibility index (Phi) is 5.77. The van der Waals surface area contributed by atoms with Crippen LogP contribution in [0.4, 0.5) is 0 Å². The van der Waals surface area contributed by atoms with Crippen LogP contribution >= 0.6 is 12.2 Å². The number of hydrogen-bond acceptors (Lipinski definition) is 3. The Hall–Kier alpha value is -1.43. The van der Waals surface area contributed by atoms with Crippen molar-refractivity contribution in [2.75, 3.05) is 6.54 Å². The molecule has 0 aliphatic carbocycles. The number of nitrogens with two attached hydrogens (primary N) is 1. The fraction of sp³-hybridized carbons (Fsp3) is 0.583. The van der Waals surface area contributed by atoms with Gasteiger partial charge in [0.25, 0.3) is 5.91 Å². The highest BCUT2D eigenvalue weighted by Gasteiger charge is 2.13. The van der Waals surface area contributed by atoms with Crippen molar-refractivity contribution in [2.24, 2.45) is 12.8 Å². The van der Waals surface area contributed by atoms with E-state index < -0.39 is 0 Å². The average Bonchev–Trinajstić information content (AvgIpc) is 2.69. The second kappa shape index (κ2) is 7.10. The molecule has 0 bridgehead atoms. The molecule has 0 saturated carbocycles. The van der Waals surface area contributed by atoms with Crippen molar-refractivity contribution in [3.8, 4) is 0 Å². The minimum Gasteiger partial charge on any atom is -0.393 e. The molecule has 1 amide bonds. The van der Waals surface area contributed by atoms with Crippen LogP contribution in [0.5, 0.6) is 0 Å². The molecule has 0 aromatic carbocycles. The number of nitrogens with one attached hydrogen (secondary N) is 1. The predicted molar refractivity (Wildman–Crippen MR) is 75.6 cm³/mol. The van der Waals surface area contributed by atoms with Gasteiger partial charge in [0.1, 0.15) is 0 Å². The lowest BCUT2D eigenvalue weighted by molar-refractivity contribution is 0.0952. The topological polar surface area (TPSA) is 72.9 Å². The summed E-state index contributed by atoms with van der Waals surface area (Å²) >= 11 is 4.79. The van der Waals surface area contributed by atoms with E-state index in [1.54, 1.807) is 10.9 Å². The highest BCUT2D eigenvalue weighted by molar-refractivity contribution is 7.80. The molecule has 100 valence electrons. The molecular weight excluding hydrogens is 248 g/mol. The van der Waals surface area contributed by atoms with Crippen LogP contribution in [0.3, 0.4) is 0 Å². The summed E-state index contributed by atoms with van der Waals surface area (Å²) in [5, 5.41) is 7.12. The molecular formula is C12H20N4OS. The van der Waals surface area contributed by atoms with Crippen LogP contribution in [0.2, 0.25) is 0 Å². The van der Waals surface area contributed by atoms with Crippen molar-refractivity contribution in [1.29, 1.82) is 0 Å². The van der Waals surface area contributed by atoms with Crippen LogP contribution < -0.4 is 11.1 Å². The van der Waals surface area contributed by atoms with Gasteiger partial charge in [-0.15, -0.1) is 0 Å². The number of amides is 1. The van der Waals surface area contributed by atoms with Crippen LogP contribution in [-0.2, 0) is 13.5 Å². The maximum absolute atomic E-state index is 11.9. The first kappa shape index (κ1) is 14.6. The van der Waals surface area contributed by atoms with Crippen molar-refractivity contribution in [2.45, 2.75) is 32.6 Å². The summed E-state index contributed by atoms with van der Waals surface area (Å²) < 4.78 is 1.67. The highest BCUT2D eigenvalue weighted by Crippen LogP contribution is 2.07. The molecule has 1 aromatic rings. The van der Waals surface area contributed by atoms with Gasteiger partial charge in [0.15, 0.2) is 0 Å². The van der Waals surface area contributed by atoms with Crippen LogP contribution in [0, 0.1) is 0 Å². The SMILES string of the molecule is CCc1nn(C)cc1C(=O)NCCCCC(N)=S. The number of hydrogen-bond donors (Lipinski definition) is 2. The number of rotatable bonds is 7. The summed E-state index contributed by atoms with van der Waals surface area (Å²) in [6.07, 6.45) is 5.03. The monoisotopic (exact) mass is 268 g/mol. The first-order valence-electron chi connectivity index (χ1n) is 6.13. The molecule has 5 nitrogen and oxygen atoms in total. The number of carbonyl (C=O) groups excluding carboxylic acids is 1. The maximum atomic E-state index is 11.9. The molecule has 0 aliphatic heterocycles. The highest BCUT2D eigenvalue weighted by atomic mass is 32.1. The molecule has 3 N–H and O–H groups in total. The zero-order valence-electron chi connectivity index (χ0n) is 10.9. The first-order chi connectivity index (χ1) is 8.54. The number of thiocarbonyl (C=S) groups is 1. The lowest BCUT2D eigenvalue weighted by Crippen LogP contribution is -2.25. The van der Waals surface area contributed by atoms with Crippen molar-refractivity contribution < 1.29 is 4.79 Å². The molecule has 6 heteroatoms. The Morgan fingerprint density at radius 1 is 1.56 bits per heavy atom. The first-order valence-corrected chi connectivity index (χ1v) is 6.54. The zero-order chi connectivity index (χ0) is 13.5. The largest absolute Gasteiger partial charge is 0.393 e. The van der Waals surface area contributed by atoms with E-state index in [4.69, 9.17) is 18.0 Å². The van der Waals surface area contributed by atoms with Crippen LogP contribution in [-0.4, -0.2) is 27.2 Å². The molecule has 0 saturated heterocycles.